The number of ether oxygens (including phenoxy) is 1. The van der Waals surface area contributed by atoms with E-state index in [-0.39, 0.29) is 24.0 Å². The smallest absolute Gasteiger partial charge is 0.270 e. The zero-order valence-corrected chi connectivity index (χ0v) is 19.0. The second kappa shape index (κ2) is 7.57. The van der Waals surface area contributed by atoms with E-state index in [1.165, 1.54) is 0 Å². The molecular weight excluding hydrogens is 464 g/mol. The predicted molar refractivity (Wildman–Crippen MR) is 122 cm³/mol. The molecular formula is C22H23BrN4O2S. The lowest BCUT2D eigenvalue weighted by Gasteiger charge is -2.48. The van der Waals surface area contributed by atoms with Crippen LogP contribution in [-0.4, -0.2) is 34.0 Å². The quantitative estimate of drug-likeness (QED) is 0.674. The zero-order valence-electron chi connectivity index (χ0n) is 16.6. The van der Waals surface area contributed by atoms with Gasteiger partial charge in [-0.3, -0.25) is 9.78 Å². The number of thioether (sulfide) groups is 1. The molecule has 0 radical (unpaired) electrons. The number of fused-ring (bicyclic) bond motifs is 4. The highest BCUT2D eigenvalue weighted by molar-refractivity contribution is 9.10. The number of pyridine rings is 1. The predicted octanol–water partition coefficient (Wildman–Crippen LogP) is 3.77. The Morgan fingerprint density at radius 3 is 2.93 bits per heavy atom. The van der Waals surface area contributed by atoms with E-state index in [1.54, 1.807) is 24.0 Å². The van der Waals surface area contributed by atoms with Gasteiger partial charge >= 0.3 is 0 Å². The number of carbonyl (C=O) groups is 1. The van der Waals surface area contributed by atoms with Gasteiger partial charge in [-0.2, -0.15) is 0 Å². The standard InChI is InChI=1S/C22H23BrN4O2S/c1-12-2-5-17(25-10-12)20(28)26-14-4-7-19-16(9-14)22(11-30-21(24)27-22)15-8-13(23)3-6-18(15)29-19/h2-3,5-6,8,10,14,16,19H,4,7,9,11H2,1H3,(H2,24,27)(H,26,28)/t14?,16-,19-,22?/m0/s1. The summed E-state index contributed by atoms with van der Waals surface area (Å²) in [6, 6.07) is 9.86. The van der Waals surface area contributed by atoms with Crippen LogP contribution in [0.3, 0.4) is 0 Å². The Morgan fingerprint density at radius 1 is 1.33 bits per heavy atom. The minimum Gasteiger partial charge on any atom is -0.490 e. The van der Waals surface area contributed by atoms with Crippen LogP contribution in [0.4, 0.5) is 0 Å². The van der Waals surface area contributed by atoms with Gasteiger partial charge in [0.1, 0.15) is 23.1 Å². The molecule has 1 aromatic heterocycles. The Labute approximate surface area is 188 Å². The normalized spacial score (nSPS) is 29.5. The molecule has 1 aliphatic carbocycles. The van der Waals surface area contributed by atoms with Crippen molar-refractivity contribution in [2.24, 2.45) is 16.6 Å². The number of amides is 1. The van der Waals surface area contributed by atoms with Crippen molar-refractivity contribution in [3.8, 4) is 5.75 Å². The number of amidine groups is 1. The first-order valence-electron chi connectivity index (χ1n) is 10.1. The van der Waals surface area contributed by atoms with Gasteiger partial charge in [0.15, 0.2) is 5.17 Å². The van der Waals surface area contributed by atoms with Gasteiger partial charge in [0.05, 0.1) is 0 Å². The molecule has 2 aromatic rings. The van der Waals surface area contributed by atoms with Crippen LogP contribution in [0.5, 0.6) is 5.75 Å². The first kappa shape index (κ1) is 19.9. The van der Waals surface area contributed by atoms with Crippen LogP contribution in [-0.2, 0) is 5.54 Å². The molecule has 1 saturated carbocycles. The first-order chi connectivity index (χ1) is 14.4. The van der Waals surface area contributed by atoms with Crippen molar-refractivity contribution in [2.75, 3.05) is 5.75 Å². The van der Waals surface area contributed by atoms with E-state index in [0.29, 0.717) is 10.9 Å². The zero-order chi connectivity index (χ0) is 20.9. The monoisotopic (exact) mass is 486 g/mol. The number of nitrogens with one attached hydrogen (secondary N) is 1. The van der Waals surface area contributed by atoms with E-state index >= 15 is 0 Å². The van der Waals surface area contributed by atoms with Crippen molar-refractivity contribution in [1.82, 2.24) is 10.3 Å². The van der Waals surface area contributed by atoms with Crippen molar-refractivity contribution >= 4 is 38.8 Å². The molecule has 5 rings (SSSR count). The molecule has 30 heavy (non-hydrogen) atoms. The lowest BCUT2D eigenvalue weighted by atomic mass is 9.67. The minimum atomic E-state index is -0.414. The fraction of sp³-hybridized carbons (Fsp3) is 0.409. The third-order valence-electron chi connectivity index (χ3n) is 6.32. The highest BCUT2D eigenvalue weighted by Gasteiger charge is 2.54. The Kier molecular flexibility index (Phi) is 5.01. The number of rotatable bonds is 2. The molecule has 0 bridgehead atoms. The molecule has 3 N–H and O–H groups in total. The lowest BCUT2D eigenvalue weighted by Crippen LogP contribution is -2.54. The summed E-state index contributed by atoms with van der Waals surface area (Å²) in [7, 11) is 0. The summed E-state index contributed by atoms with van der Waals surface area (Å²) in [5, 5.41) is 3.81. The third-order valence-corrected chi connectivity index (χ3v) is 7.78. The van der Waals surface area contributed by atoms with Crippen LogP contribution in [0.1, 0.15) is 40.9 Å². The topological polar surface area (TPSA) is 89.6 Å². The first-order valence-corrected chi connectivity index (χ1v) is 11.9. The van der Waals surface area contributed by atoms with E-state index in [4.69, 9.17) is 15.5 Å². The van der Waals surface area contributed by atoms with Crippen LogP contribution in [0.15, 0.2) is 46.0 Å². The number of hydrogen-bond donors (Lipinski definition) is 2. The van der Waals surface area contributed by atoms with Crippen molar-refractivity contribution in [1.29, 1.82) is 0 Å². The number of nitrogens with two attached hydrogens (primary N) is 1. The molecule has 2 aliphatic heterocycles. The fourth-order valence-corrected chi connectivity index (χ4v) is 6.25. The maximum Gasteiger partial charge on any atom is 0.270 e. The molecule has 2 unspecified atom stereocenters. The number of aryl methyl sites for hydroxylation is 1. The van der Waals surface area contributed by atoms with Gasteiger partial charge in [-0.25, -0.2) is 4.99 Å². The molecule has 1 spiro atoms. The highest BCUT2D eigenvalue weighted by Crippen LogP contribution is 2.54. The molecule has 3 heterocycles. The average Bonchev–Trinajstić information content (AvgIpc) is 3.12. The average molecular weight is 487 g/mol. The van der Waals surface area contributed by atoms with Crippen molar-refractivity contribution in [2.45, 2.75) is 43.9 Å². The number of benzene rings is 1. The van der Waals surface area contributed by atoms with E-state index < -0.39 is 5.54 Å². The summed E-state index contributed by atoms with van der Waals surface area (Å²) >= 11 is 5.19. The second-order valence-electron chi connectivity index (χ2n) is 8.27. The molecule has 1 fully saturated rings. The SMILES string of the molecule is Cc1ccc(C(=O)NC2CC[C@@H]3Oc4ccc(Br)cc4C4(CSC(N)=N4)[C@H]3C2)nc1. The van der Waals surface area contributed by atoms with E-state index in [1.807, 2.05) is 25.1 Å². The van der Waals surface area contributed by atoms with Crippen LogP contribution in [0.2, 0.25) is 0 Å². The van der Waals surface area contributed by atoms with Gasteiger partial charge in [-0.1, -0.05) is 33.8 Å². The van der Waals surface area contributed by atoms with Crippen molar-refractivity contribution in [3.63, 3.8) is 0 Å². The second-order valence-corrected chi connectivity index (χ2v) is 10.2. The lowest BCUT2D eigenvalue weighted by molar-refractivity contribution is 0.0155. The molecule has 1 aromatic carbocycles. The Bertz CT molecular complexity index is 1030. The summed E-state index contributed by atoms with van der Waals surface area (Å²) < 4.78 is 7.40. The van der Waals surface area contributed by atoms with Gasteiger partial charge < -0.3 is 15.8 Å². The highest BCUT2D eigenvalue weighted by atomic mass is 79.9. The number of hydrogen-bond acceptors (Lipinski definition) is 6. The molecule has 0 saturated heterocycles. The van der Waals surface area contributed by atoms with Gasteiger partial charge in [0, 0.05) is 33.9 Å². The Balaban J connectivity index is 1.43. The van der Waals surface area contributed by atoms with Crippen molar-refractivity contribution in [3.05, 3.63) is 57.8 Å². The molecule has 4 atom stereocenters. The number of aliphatic imine (C=N–C) groups is 1. The minimum absolute atomic E-state index is 0.0538. The van der Waals surface area contributed by atoms with Crippen LogP contribution in [0, 0.1) is 12.8 Å². The summed E-state index contributed by atoms with van der Waals surface area (Å²) in [6.45, 7) is 1.96. The molecule has 6 nitrogen and oxygen atoms in total. The molecule has 3 aliphatic rings. The number of halogens is 1. The van der Waals surface area contributed by atoms with Crippen molar-refractivity contribution < 1.29 is 9.53 Å². The summed E-state index contributed by atoms with van der Waals surface area (Å²) in [5.41, 5.74) is 8.29. The summed E-state index contributed by atoms with van der Waals surface area (Å²) in [6.07, 6.45) is 4.32. The number of carbonyl (C=O) groups excluding carboxylic acids is 1. The van der Waals surface area contributed by atoms with E-state index in [2.05, 4.69) is 32.3 Å². The Morgan fingerprint density at radius 2 is 2.20 bits per heavy atom. The van der Waals surface area contributed by atoms with Gasteiger partial charge in [0.25, 0.3) is 5.91 Å². The summed E-state index contributed by atoms with van der Waals surface area (Å²) in [5.74, 6) is 1.71. The van der Waals surface area contributed by atoms with Gasteiger partial charge in [0.2, 0.25) is 0 Å². The van der Waals surface area contributed by atoms with Crippen LogP contribution < -0.4 is 15.8 Å². The van der Waals surface area contributed by atoms with Crippen LogP contribution in [0.25, 0.3) is 0 Å². The fourth-order valence-electron chi connectivity index (χ4n) is 4.86. The molecule has 156 valence electrons. The number of aromatic nitrogens is 1. The van der Waals surface area contributed by atoms with Gasteiger partial charge in [-0.05, 0) is 56.0 Å². The maximum absolute atomic E-state index is 12.7. The van der Waals surface area contributed by atoms with E-state index in [0.717, 1.165) is 46.4 Å². The van der Waals surface area contributed by atoms with E-state index in [9.17, 15) is 4.79 Å². The van der Waals surface area contributed by atoms with Gasteiger partial charge in [-0.15, -0.1) is 0 Å². The Hall–Kier alpha value is -2.06. The maximum atomic E-state index is 12.7. The molecule has 8 heteroatoms. The molecule has 1 amide bonds. The largest absolute Gasteiger partial charge is 0.490 e. The van der Waals surface area contributed by atoms with Crippen LogP contribution >= 0.6 is 27.7 Å². The summed E-state index contributed by atoms with van der Waals surface area (Å²) in [4.78, 5) is 22.0. The third kappa shape index (κ3) is 3.39. The number of nitrogens with zero attached hydrogens (tertiary/aromatic N) is 2.